The number of likely N-dealkylation sites (tertiary alicyclic amines) is 1. The summed E-state index contributed by atoms with van der Waals surface area (Å²) in [5.41, 5.74) is -0.0649. The Hall–Kier alpha value is -2.75. The molecule has 0 saturated carbocycles. The molecule has 2 aromatic rings. The second-order valence-electron chi connectivity index (χ2n) is 6.21. The van der Waals surface area contributed by atoms with Crippen LogP contribution in [0.25, 0.3) is 0 Å². The van der Waals surface area contributed by atoms with Crippen LogP contribution in [0.5, 0.6) is 0 Å². The Morgan fingerprint density at radius 2 is 2.07 bits per heavy atom. The van der Waals surface area contributed by atoms with Gasteiger partial charge < -0.3 is 15.5 Å². The van der Waals surface area contributed by atoms with Crippen molar-refractivity contribution in [3.63, 3.8) is 0 Å². The molecule has 1 aliphatic heterocycles. The monoisotopic (exact) mass is 380 g/mol. The molecule has 0 aromatic carbocycles. The fourth-order valence-electron chi connectivity index (χ4n) is 2.94. The number of hydrogen-bond acceptors (Lipinski definition) is 6. The van der Waals surface area contributed by atoms with Crippen LogP contribution in [-0.2, 0) is 11.0 Å². The van der Waals surface area contributed by atoms with Gasteiger partial charge in [0.05, 0.1) is 17.8 Å². The minimum atomic E-state index is -4.45. The molecule has 3 heterocycles. The molecule has 1 aliphatic rings. The largest absolute Gasteiger partial charge is 0.416 e. The lowest BCUT2D eigenvalue weighted by Gasteiger charge is -2.16. The van der Waals surface area contributed by atoms with Gasteiger partial charge >= 0.3 is 6.18 Å². The van der Waals surface area contributed by atoms with Crippen LogP contribution in [0.3, 0.4) is 0 Å². The number of aromatic nitrogens is 3. The molecule has 0 spiro atoms. The summed E-state index contributed by atoms with van der Waals surface area (Å²) in [4.78, 5) is 26.0. The molecule has 1 fully saturated rings. The van der Waals surface area contributed by atoms with Crippen LogP contribution in [0.2, 0.25) is 0 Å². The average Bonchev–Trinajstić information content (AvgIpc) is 3.12. The van der Waals surface area contributed by atoms with Crippen LogP contribution in [0.1, 0.15) is 23.6 Å². The van der Waals surface area contributed by atoms with Crippen LogP contribution in [-0.4, -0.2) is 52.4 Å². The number of carbonyl (C=O) groups is 1. The van der Waals surface area contributed by atoms with E-state index in [9.17, 15) is 18.0 Å². The molecule has 7 nitrogen and oxygen atoms in total. The number of nitrogens with one attached hydrogen (secondary N) is 2. The number of pyridine rings is 1. The predicted molar refractivity (Wildman–Crippen MR) is 92.4 cm³/mol. The smallest absolute Gasteiger partial charge is 0.341 e. The van der Waals surface area contributed by atoms with Crippen molar-refractivity contribution in [1.29, 1.82) is 0 Å². The second kappa shape index (κ2) is 7.87. The normalized spacial score (nSPS) is 17.2. The number of halogens is 3. The van der Waals surface area contributed by atoms with Gasteiger partial charge in [0.25, 0.3) is 0 Å². The van der Waals surface area contributed by atoms with Gasteiger partial charge in [-0.05, 0) is 31.7 Å². The van der Waals surface area contributed by atoms with Crippen molar-refractivity contribution in [3.05, 3.63) is 41.9 Å². The van der Waals surface area contributed by atoms with Gasteiger partial charge in [0, 0.05) is 31.4 Å². The first-order chi connectivity index (χ1) is 12.9. The number of nitrogens with zero attached hydrogens (tertiary/aromatic N) is 4. The molecule has 0 bridgehead atoms. The Morgan fingerprint density at radius 1 is 1.30 bits per heavy atom. The lowest BCUT2D eigenvalue weighted by molar-refractivity contribution is -0.137. The molecule has 1 unspecified atom stereocenters. The third-order valence-corrected chi connectivity index (χ3v) is 4.29. The standard InChI is InChI=1S/C17H19F3N6O/c1-21-9-15(27)26-7-4-11(10-26)13-3-6-23-16(24-13)25-14-8-12(2-5-22-14)17(18,19)20/h2-3,5-6,8,11,21H,4,7,9-10H2,1H3,(H,22,23,24,25). The second-order valence-corrected chi connectivity index (χ2v) is 6.21. The number of rotatable bonds is 5. The minimum Gasteiger partial charge on any atom is -0.341 e. The van der Waals surface area contributed by atoms with Gasteiger partial charge in [0.2, 0.25) is 11.9 Å². The first kappa shape index (κ1) is 19.0. The molecule has 2 N–H and O–H groups in total. The summed E-state index contributed by atoms with van der Waals surface area (Å²) in [5, 5.41) is 5.55. The lowest BCUT2D eigenvalue weighted by atomic mass is 10.1. The highest BCUT2D eigenvalue weighted by atomic mass is 19.4. The Kier molecular flexibility index (Phi) is 5.54. The molecule has 1 amide bonds. The third kappa shape index (κ3) is 4.70. The Morgan fingerprint density at radius 3 is 2.81 bits per heavy atom. The van der Waals surface area contributed by atoms with Gasteiger partial charge in [0.1, 0.15) is 5.82 Å². The Labute approximate surface area is 154 Å². The van der Waals surface area contributed by atoms with E-state index >= 15 is 0 Å². The fourth-order valence-corrected chi connectivity index (χ4v) is 2.94. The highest BCUT2D eigenvalue weighted by Gasteiger charge is 2.31. The Bertz CT molecular complexity index is 813. The van der Waals surface area contributed by atoms with Crippen LogP contribution in [0, 0.1) is 0 Å². The Balaban J connectivity index is 1.71. The van der Waals surface area contributed by atoms with Crippen LogP contribution in [0.4, 0.5) is 24.9 Å². The van der Waals surface area contributed by atoms with E-state index in [-0.39, 0.29) is 30.1 Å². The maximum Gasteiger partial charge on any atom is 0.416 e. The van der Waals surface area contributed by atoms with E-state index in [2.05, 4.69) is 25.6 Å². The average molecular weight is 380 g/mol. The summed E-state index contributed by atoms with van der Waals surface area (Å²) in [7, 11) is 1.72. The van der Waals surface area contributed by atoms with E-state index < -0.39 is 11.7 Å². The van der Waals surface area contributed by atoms with Crippen molar-refractivity contribution in [3.8, 4) is 0 Å². The highest BCUT2D eigenvalue weighted by molar-refractivity contribution is 5.78. The van der Waals surface area contributed by atoms with Crippen molar-refractivity contribution in [1.82, 2.24) is 25.2 Å². The van der Waals surface area contributed by atoms with Gasteiger partial charge in [-0.2, -0.15) is 13.2 Å². The van der Waals surface area contributed by atoms with Crippen molar-refractivity contribution in [2.45, 2.75) is 18.5 Å². The zero-order chi connectivity index (χ0) is 19.4. The molecule has 27 heavy (non-hydrogen) atoms. The van der Waals surface area contributed by atoms with Crippen molar-refractivity contribution in [2.75, 3.05) is 32.0 Å². The number of carbonyl (C=O) groups excluding carboxylic acids is 1. The van der Waals surface area contributed by atoms with E-state index in [1.165, 1.54) is 6.20 Å². The molecule has 0 aliphatic carbocycles. The number of amides is 1. The van der Waals surface area contributed by atoms with Gasteiger partial charge in [-0.1, -0.05) is 0 Å². The third-order valence-electron chi connectivity index (χ3n) is 4.29. The maximum atomic E-state index is 12.8. The van der Waals surface area contributed by atoms with E-state index in [0.29, 0.717) is 13.1 Å². The number of hydrogen-bond donors (Lipinski definition) is 2. The summed E-state index contributed by atoms with van der Waals surface area (Å²) < 4.78 is 38.4. The number of likely N-dealkylation sites (N-methyl/N-ethyl adjacent to an activating group) is 1. The van der Waals surface area contributed by atoms with E-state index in [0.717, 1.165) is 30.4 Å². The van der Waals surface area contributed by atoms with Crippen molar-refractivity contribution >= 4 is 17.7 Å². The molecular formula is C17H19F3N6O. The summed E-state index contributed by atoms with van der Waals surface area (Å²) in [6.07, 6.45) is -1.06. The molecule has 3 rings (SSSR count). The van der Waals surface area contributed by atoms with Gasteiger partial charge in [0.15, 0.2) is 0 Å². The van der Waals surface area contributed by atoms with E-state index in [4.69, 9.17) is 0 Å². The summed E-state index contributed by atoms with van der Waals surface area (Å²) in [5.74, 6) is 0.267. The van der Waals surface area contributed by atoms with Gasteiger partial charge in [-0.3, -0.25) is 4.79 Å². The summed E-state index contributed by atoms with van der Waals surface area (Å²) in [6.45, 7) is 1.48. The topological polar surface area (TPSA) is 83.0 Å². The molecule has 1 saturated heterocycles. The van der Waals surface area contributed by atoms with Crippen molar-refractivity contribution in [2.24, 2.45) is 0 Å². The van der Waals surface area contributed by atoms with Gasteiger partial charge in [-0.15, -0.1) is 0 Å². The molecule has 10 heteroatoms. The number of alkyl halides is 3. The van der Waals surface area contributed by atoms with Crippen LogP contribution < -0.4 is 10.6 Å². The first-order valence-electron chi connectivity index (χ1n) is 8.42. The van der Waals surface area contributed by atoms with Gasteiger partial charge in [-0.25, -0.2) is 15.0 Å². The summed E-state index contributed by atoms with van der Waals surface area (Å²) in [6, 6.07) is 3.56. The zero-order valence-corrected chi connectivity index (χ0v) is 14.6. The quantitative estimate of drug-likeness (QED) is 0.827. The predicted octanol–water partition coefficient (Wildman–Crippen LogP) is 2.17. The van der Waals surface area contributed by atoms with Crippen LogP contribution in [0.15, 0.2) is 30.6 Å². The van der Waals surface area contributed by atoms with E-state index in [1.54, 1.807) is 18.0 Å². The zero-order valence-electron chi connectivity index (χ0n) is 14.6. The molecule has 144 valence electrons. The first-order valence-corrected chi connectivity index (χ1v) is 8.42. The summed E-state index contributed by atoms with van der Waals surface area (Å²) >= 11 is 0. The lowest BCUT2D eigenvalue weighted by Crippen LogP contribution is -2.35. The minimum absolute atomic E-state index is 0.0132. The fraction of sp³-hybridized carbons (Fsp3) is 0.412. The van der Waals surface area contributed by atoms with E-state index in [1.807, 2.05) is 0 Å². The molecule has 2 aromatic heterocycles. The number of anilines is 2. The molecular weight excluding hydrogens is 361 g/mol. The molecule has 1 atom stereocenters. The van der Waals surface area contributed by atoms with Crippen LogP contribution >= 0.6 is 0 Å². The highest BCUT2D eigenvalue weighted by Crippen LogP contribution is 2.30. The SMILES string of the molecule is CNCC(=O)N1CCC(c2ccnc(Nc3cc(C(F)(F)F)ccn3)n2)C1. The molecule has 0 radical (unpaired) electrons. The maximum absolute atomic E-state index is 12.8. The van der Waals surface area contributed by atoms with Crippen molar-refractivity contribution < 1.29 is 18.0 Å².